The van der Waals surface area contributed by atoms with E-state index in [1.165, 1.54) is 31.0 Å². The molecule has 5 aliphatic carbocycles. The van der Waals surface area contributed by atoms with Gasteiger partial charge in [-0.1, -0.05) is 31.4 Å². The third-order valence-electron chi connectivity index (χ3n) is 8.54. The first kappa shape index (κ1) is 25.1. The number of amides is 2. The third-order valence-corrected chi connectivity index (χ3v) is 9.62. The summed E-state index contributed by atoms with van der Waals surface area (Å²) in [6, 6.07) is 9.25. The molecule has 5 fully saturated rings. The van der Waals surface area contributed by atoms with E-state index in [4.69, 9.17) is 4.74 Å². The largest absolute Gasteiger partial charge is 0.452 e. The van der Waals surface area contributed by atoms with E-state index in [0.717, 1.165) is 56.3 Å². The fourth-order valence-electron chi connectivity index (χ4n) is 7.43. The van der Waals surface area contributed by atoms with Crippen molar-refractivity contribution in [3.05, 3.63) is 29.8 Å². The molecule has 5 aliphatic rings. The Labute approximate surface area is 217 Å². The quantitative estimate of drug-likeness (QED) is 0.398. The lowest BCUT2D eigenvalue weighted by molar-refractivity contribution is -0.126. The van der Waals surface area contributed by atoms with Gasteiger partial charge in [-0.05, 0) is 81.3 Å². The van der Waals surface area contributed by atoms with Crippen LogP contribution in [0.15, 0.2) is 29.2 Å². The minimum atomic E-state index is -0.862. The molecule has 0 aliphatic heterocycles. The highest BCUT2D eigenvalue weighted by Gasteiger charge is 2.51. The van der Waals surface area contributed by atoms with Gasteiger partial charge < -0.3 is 15.4 Å². The van der Waals surface area contributed by atoms with Crippen molar-refractivity contribution in [1.29, 1.82) is 5.26 Å². The number of nitrogens with zero attached hydrogens (tertiary/aromatic N) is 1. The van der Waals surface area contributed by atoms with Crippen LogP contribution in [-0.4, -0.2) is 41.2 Å². The number of hydrogen-bond donors (Lipinski definition) is 2. The SMILES string of the molecule is N#CC1(NC(=O)COC(=O)c2ccccc2SCC(=O)NC23CC4CC(CC(C4)C2)C3)CCCCC1. The van der Waals surface area contributed by atoms with E-state index in [1.54, 1.807) is 18.2 Å². The van der Waals surface area contributed by atoms with Gasteiger partial charge in [0, 0.05) is 10.4 Å². The second-order valence-electron chi connectivity index (χ2n) is 11.4. The Kier molecular flexibility index (Phi) is 7.30. The summed E-state index contributed by atoms with van der Waals surface area (Å²) in [6.45, 7) is -0.437. The first-order valence-corrected chi connectivity index (χ1v) is 14.3. The van der Waals surface area contributed by atoms with Crippen LogP contribution < -0.4 is 10.6 Å². The van der Waals surface area contributed by atoms with E-state index in [9.17, 15) is 19.6 Å². The summed E-state index contributed by atoms with van der Waals surface area (Å²) in [5, 5.41) is 15.7. The predicted octanol–water partition coefficient (Wildman–Crippen LogP) is 4.36. The lowest BCUT2D eigenvalue weighted by Crippen LogP contribution is -2.60. The van der Waals surface area contributed by atoms with Crippen molar-refractivity contribution in [3.8, 4) is 6.07 Å². The van der Waals surface area contributed by atoms with Crippen molar-refractivity contribution in [2.75, 3.05) is 12.4 Å². The molecular weight excluding hydrogens is 474 g/mol. The zero-order chi connectivity index (χ0) is 25.2. The standard InChI is InChI=1S/C28H35N3O4S/c29-18-27(8-4-1-5-9-27)30-24(32)16-35-26(34)22-6-2-3-7-23(22)36-17-25(33)31-28-13-19-10-20(14-28)12-21(11-19)15-28/h2-3,6-7,19-21H,1,4-5,8-17H2,(H,30,32)(H,31,33). The fraction of sp³-hybridized carbons (Fsp3) is 0.643. The molecule has 6 rings (SSSR count). The van der Waals surface area contributed by atoms with E-state index in [0.29, 0.717) is 23.3 Å². The zero-order valence-electron chi connectivity index (χ0n) is 20.7. The van der Waals surface area contributed by atoms with E-state index < -0.39 is 24.0 Å². The van der Waals surface area contributed by atoms with Gasteiger partial charge in [-0.15, -0.1) is 11.8 Å². The minimum Gasteiger partial charge on any atom is -0.452 e. The monoisotopic (exact) mass is 509 g/mol. The summed E-state index contributed by atoms with van der Waals surface area (Å²) in [5.74, 6) is 1.46. The van der Waals surface area contributed by atoms with E-state index >= 15 is 0 Å². The topological polar surface area (TPSA) is 108 Å². The summed E-state index contributed by atoms with van der Waals surface area (Å²) >= 11 is 1.32. The molecule has 4 bridgehead atoms. The van der Waals surface area contributed by atoms with Gasteiger partial charge in [0.25, 0.3) is 5.91 Å². The van der Waals surface area contributed by atoms with Gasteiger partial charge in [-0.3, -0.25) is 9.59 Å². The van der Waals surface area contributed by atoms with Crippen molar-refractivity contribution in [1.82, 2.24) is 10.6 Å². The molecular formula is C28H35N3O4S. The molecule has 0 aromatic heterocycles. The maximum absolute atomic E-state index is 12.9. The average Bonchev–Trinajstić information content (AvgIpc) is 2.85. The van der Waals surface area contributed by atoms with E-state index in [-0.39, 0.29) is 17.2 Å². The number of rotatable bonds is 8. The molecule has 36 heavy (non-hydrogen) atoms. The van der Waals surface area contributed by atoms with Crippen LogP contribution in [-0.2, 0) is 14.3 Å². The first-order chi connectivity index (χ1) is 17.4. The highest BCUT2D eigenvalue weighted by Crippen LogP contribution is 2.55. The molecule has 8 heteroatoms. The Balaban J connectivity index is 1.13. The summed E-state index contributed by atoms with van der Waals surface area (Å²) in [5.41, 5.74) is -0.553. The van der Waals surface area contributed by atoms with Gasteiger partial charge in [0.2, 0.25) is 5.91 Å². The van der Waals surface area contributed by atoms with Crippen LogP contribution in [0.25, 0.3) is 0 Å². The maximum Gasteiger partial charge on any atom is 0.339 e. The number of carbonyl (C=O) groups excluding carboxylic acids is 3. The number of nitrogens with one attached hydrogen (secondary N) is 2. The molecule has 5 saturated carbocycles. The summed E-state index contributed by atoms with van der Waals surface area (Å²) in [4.78, 5) is 38.8. The Morgan fingerprint density at radius 2 is 1.58 bits per heavy atom. The minimum absolute atomic E-state index is 0.0128. The number of thioether (sulfide) groups is 1. The normalized spacial score (nSPS) is 29.7. The van der Waals surface area contributed by atoms with Crippen molar-refractivity contribution in [3.63, 3.8) is 0 Å². The number of carbonyl (C=O) groups is 3. The zero-order valence-corrected chi connectivity index (χ0v) is 21.5. The van der Waals surface area contributed by atoms with Crippen LogP contribution in [0.1, 0.15) is 81.0 Å². The molecule has 0 spiro atoms. The Bertz CT molecular complexity index is 1020. The van der Waals surface area contributed by atoms with E-state index in [1.807, 2.05) is 6.07 Å². The molecule has 2 N–H and O–H groups in total. The lowest BCUT2D eigenvalue weighted by Gasteiger charge is -2.56. The average molecular weight is 510 g/mol. The molecule has 0 saturated heterocycles. The van der Waals surface area contributed by atoms with Gasteiger partial charge >= 0.3 is 5.97 Å². The maximum atomic E-state index is 12.9. The van der Waals surface area contributed by atoms with Crippen LogP contribution in [0.3, 0.4) is 0 Å². The van der Waals surface area contributed by atoms with Crippen molar-refractivity contribution in [2.45, 2.75) is 86.6 Å². The molecule has 192 valence electrons. The van der Waals surface area contributed by atoms with Crippen LogP contribution in [0, 0.1) is 29.1 Å². The number of nitriles is 1. The van der Waals surface area contributed by atoms with Crippen LogP contribution in [0.5, 0.6) is 0 Å². The molecule has 0 radical (unpaired) electrons. The number of esters is 1. The molecule has 0 heterocycles. The second kappa shape index (κ2) is 10.5. The van der Waals surface area contributed by atoms with Crippen LogP contribution >= 0.6 is 11.8 Å². The lowest BCUT2D eigenvalue weighted by atomic mass is 9.53. The summed E-state index contributed by atoms with van der Waals surface area (Å²) in [6.07, 6.45) is 11.4. The highest BCUT2D eigenvalue weighted by molar-refractivity contribution is 8.00. The Hall–Kier alpha value is -2.53. The number of hydrogen-bond acceptors (Lipinski definition) is 6. The Morgan fingerprint density at radius 1 is 0.944 bits per heavy atom. The smallest absolute Gasteiger partial charge is 0.339 e. The van der Waals surface area contributed by atoms with Crippen molar-refractivity contribution >= 4 is 29.5 Å². The van der Waals surface area contributed by atoms with Gasteiger partial charge in [-0.2, -0.15) is 5.26 Å². The Morgan fingerprint density at radius 3 is 2.22 bits per heavy atom. The molecule has 2 amide bonds. The number of ether oxygens (including phenoxy) is 1. The summed E-state index contributed by atoms with van der Waals surface area (Å²) in [7, 11) is 0. The highest BCUT2D eigenvalue weighted by atomic mass is 32.2. The van der Waals surface area contributed by atoms with Crippen molar-refractivity contribution in [2.24, 2.45) is 17.8 Å². The molecule has 0 atom stereocenters. The molecule has 1 aromatic carbocycles. The van der Waals surface area contributed by atoms with Crippen molar-refractivity contribution < 1.29 is 19.1 Å². The van der Waals surface area contributed by atoms with Gasteiger partial charge in [0.15, 0.2) is 6.61 Å². The van der Waals surface area contributed by atoms with Gasteiger partial charge in [0.05, 0.1) is 17.4 Å². The van der Waals surface area contributed by atoms with Gasteiger partial charge in [0.1, 0.15) is 5.54 Å². The van der Waals surface area contributed by atoms with Crippen LogP contribution in [0.2, 0.25) is 0 Å². The second-order valence-corrected chi connectivity index (χ2v) is 12.4. The molecule has 1 aromatic rings. The molecule has 0 unspecified atom stereocenters. The third kappa shape index (κ3) is 5.56. The van der Waals surface area contributed by atoms with E-state index in [2.05, 4.69) is 16.7 Å². The first-order valence-electron chi connectivity index (χ1n) is 13.3. The van der Waals surface area contributed by atoms with Gasteiger partial charge in [-0.25, -0.2) is 4.79 Å². The molecule has 7 nitrogen and oxygen atoms in total. The predicted molar refractivity (Wildman–Crippen MR) is 136 cm³/mol. The fourth-order valence-corrected chi connectivity index (χ4v) is 8.27. The van der Waals surface area contributed by atoms with Crippen LogP contribution in [0.4, 0.5) is 0 Å². The number of benzene rings is 1. The summed E-state index contributed by atoms with van der Waals surface area (Å²) < 4.78 is 5.29.